The molecule has 0 aromatic rings. The molecule has 0 aliphatic heterocycles. The maximum Gasteiger partial charge on any atom is 0.195 e. The van der Waals surface area contributed by atoms with Gasteiger partial charge in [-0.15, -0.1) is 0 Å². The van der Waals surface area contributed by atoms with Crippen LogP contribution in [0.1, 0.15) is 14.4 Å². The topological polar surface area (TPSA) is 17.1 Å². The van der Waals surface area contributed by atoms with Crippen molar-refractivity contribution in [1.29, 1.82) is 0 Å². The van der Waals surface area contributed by atoms with Crippen LogP contribution in [0.4, 0.5) is 0 Å². The van der Waals surface area contributed by atoms with E-state index in [0.717, 1.165) is 0 Å². The molecular weight excluding hydrogens is 52.0 g/mol. The summed E-state index contributed by atoms with van der Waals surface area (Å²) >= 11 is 0. The highest BCUT2D eigenvalue weighted by Crippen LogP contribution is 1.13. The van der Waals surface area contributed by atoms with Crippen LogP contribution >= 0.6 is 0 Å². The summed E-state index contributed by atoms with van der Waals surface area (Å²) in [6, 6.07) is 0. The second-order valence-corrected chi connectivity index (χ2v) is 0.204. The molecule has 0 aliphatic carbocycles. The third-order valence-corrected chi connectivity index (χ3v) is 0. The molecule has 0 N–H and O–H groups in total. The maximum absolute atomic E-state index is 8.68. The Labute approximate surface area is 26.6 Å². The Hall–Kier alpha value is -0.330. The van der Waals surface area contributed by atoms with Gasteiger partial charge in [-0.2, -0.15) is 0 Å². The van der Waals surface area contributed by atoms with Gasteiger partial charge >= 0.3 is 0 Å². The Morgan fingerprint density at radius 2 is 1.75 bits per heavy atom. The summed E-state index contributed by atoms with van der Waals surface area (Å²) in [7, 11) is 0. The molecule has 1 heteroatoms. The average molecular weight is 59.1 g/mol. The summed E-state index contributed by atoms with van der Waals surface area (Å²) in [6.07, 6.45) is 1.50. The first kappa shape index (κ1) is 9.38. The molecule has 1 nitrogen and oxygen atoms in total. The summed E-state index contributed by atoms with van der Waals surface area (Å²) in [6.45, 7) is 1.32. The van der Waals surface area contributed by atoms with Gasteiger partial charge in [-0.05, 0) is 0 Å². The van der Waals surface area contributed by atoms with Crippen LogP contribution in [0.3, 0.4) is 0 Å². The monoisotopic (exact) mass is 59.0 g/mol. The minimum Gasteiger partial charge on any atom is -0.291 e. The molecule has 0 rings (SSSR count). The van der Waals surface area contributed by atoms with E-state index in [-0.39, 0.29) is 7.43 Å². The number of carbonyl (C=O) groups excluding carboxylic acids is 1. The zero-order valence-electron chi connectivity index (χ0n) is 1.91. The van der Waals surface area contributed by atoms with Gasteiger partial charge < -0.3 is 0 Å². The highest BCUT2D eigenvalue weighted by molar-refractivity contribution is 5.45. The highest BCUT2D eigenvalue weighted by Gasteiger charge is 1.29. The summed E-state index contributed by atoms with van der Waals surface area (Å²) < 4.78 is 0. The molecule has 0 saturated heterocycles. The molecule has 0 fully saturated rings. The SMILES string of the molecule is C.C[C]=O. The standard InChI is InChI=1S/C2H3O.CH4/c1-2-3;/h1H3;1H4. The molecule has 25 valence electrons. The Bertz CT molecular complexity index is 10.8. The minimum atomic E-state index is 0. The van der Waals surface area contributed by atoms with E-state index in [2.05, 4.69) is 0 Å². The molecule has 0 aliphatic rings. The third kappa shape index (κ3) is 6.88. The van der Waals surface area contributed by atoms with Crippen molar-refractivity contribution in [2.24, 2.45) is 0 Å². The number of hydrogen-bond donors (Lipinski definition) is 0. The van der Waals surface area contributed by atoms with Crippen molar-refractivity contribution in [3.63, 3.8) is 0 Å². The molecule has 4 heavy (non-hydrogen) atoms. The van der Waals surface area contributed by atoms with Crippen LogP contribution in [0.15, 0.2) is 0 Å². The van der Waals surface area contributed by atoms with Gasteiger partial charge in [0, 0.05) is 6.92 Å². The molecule has 0 atom stereocenters. The smallest absolute Gasteiger partial charge is 0.195 e. The molecule has 0 aromatic carbocycles. The Morgan fingerprint density at radius 1 is 1.75 bits per heavy atom. The molecule has 0 unspecified atom stereocenters. The van der Waals surface area contributed by atoms with Gasteiger partial charge in [0.1, 0.15) is 0 Å². The van der Waals surface area contributed by atoms with Gasteiger partial charge in [0.2, 0.25) is 0 Å². The molecule has 0 bridgehead atoms. The van der Waals surface area contributed by atoms with Crippen molar-refractivity contribution >= 4 is 6.29 Å². The van der Waals surface area contributed by atoms with Gasteiger partial charge in [0.05, 0.1) is 0 Å². The van der Waals surface area contributed by atoms with Crippen molar-refractivity contribution in [3.8, 4) is 0 Å². The normalized spacial score (nSPS) is 3.25. The predicted molar refractivity (Wildman–Crippen MR) is 18.1 cm³/mol. The lowest BCUT2D eigenvalue weighted by molar-refractivity contribution is 0.560. The van der Waals surface area contributed by atoms with Crippen LogP contribution in [-0.2, 0) is 4.79 Å². The minimum absolute atomic E-state index is 0. The summed E-state index contributed by atoms with van der Waals surface area (Å²) in [5, 5.41) is 0. The van der Waals surface area contributed by atoms with Gasteiger partial charge in [-0.1, -0.05) is 7.43 Å². The van der Waals surface area contributed by atoms with Gasteiger partial charge in [-0.3, -0.25) is 4.79 Å². The van der Waals surface area contributed by atoms with E-state index in [1.54, 1.807) is 0 Å². The third-order valence-electron chi connectivity index (χ3n) is 0. The van der Waals surface area contributed by atoms with Gasteiger partial charge in [-0.25, -0.2) is 0 Å². The van der Waals surface area contributed by atoms with E-state index in [9.17, 15) is 0 Å². The number of hydrogen-bond acceptors (Lipinski definition) is 1. The molecule has 1 radical (unpaired) electrons. The molecule has 0 aromatic heterocycles. The van der Waals surface area contributed by atoms with Crippen molar-refractivity contribution in [2.45, 2.75) is 14.4 Å². The van der Waals surface area contributed by atoms with E-state index in [1.165, 1.54) is 13.2 Å². The van der Waals surface area contributed by atoms with E-state index in [1.807, 2.05) is 0 Å². The summed E-state index contributed by atoms with van der Waals surface area (Å²) in [5.74, 6) is 0. The van der Waals surface area contributed by atoms with E-state index in [4.69, 9.17) is 4.79 Å². The Balaban J connectivity index is 0. The van der Waals surface area contributed by atoms with Crippen LogP contribution < -0.4 is 0 Å². The Kier molecular flexibility index (Phi) is 38.9. The van der Waals surface area contributed by atoms with Crippen molar-refractivity contribution in [1.82, 2.24) is 0 Å². The lowest BCUT2D eigenvalue weighted by atomic mass is 11.0. The molecular formula is C3H7O. The molecule has 0 saturated carbocycles. The second kappa shape index (κ2) is 16.6. The fourth-order valence-electron chi connectivity index (χ4n) is 0. The van der Waals surface area contributed by atoms with E-state index < -0.39 is 0 Å². The number of rotatable bonds is 0. The van der Waals surface area contributed by atoms with Crippen LogP contribution in [0.5, 0.6) is 0 Å². The van der Waals surface area contributed by atoms with E-state index >= 15 is 0 Å². The van der Waals surface area contributed by atoms with Crippen LogP contribution in [0, 0.1) is 0 Å². The molecule has 0 amide bonds. The lowest BCUT2D eigenvalue weighted by Crippen LogP contribution is -1.35. The fraction of sp³-hybridized carbons (Fsp3) is 0.667. The predicted octanol–water partition coefficient (Wildman–Crippen LogP) is 0.752. The maximum atomic E-state index is 8.68. The largest absolute Gasteiger partial charge is 0.291 e. The van der Waals surface area contributed by atoms with Crippen molar-refractivity contribution in [3.05, 3.63) is 0 Å². The fourth-order valence-corrected chi connectivity index (χ4v) is 0. The first-order valence-corrected chi connectivity index (χ1v) is 0.704. The molecule has 0 spiro atoms. The van der Waals surface area contributed by atoms with Crippen LogP contribution in [0.2, 0.25) is 0 Å². The lowest BCUT2D eigenvalue weighted by Gasteiger charge is -1.19. The average Bonchev–Trinajstić information content (AvgIpc) is 0.918. The molecule has 0 heterocycles. The summed E-state index contributed by atoms with van der Waals surface area (Å²) in [5.41, 5.74) is 0. The summed E-state index contributed by atoms with van der Waals surface area (Å²) in [4.78, 5) is 8.68. The van der Waals surface area contributed by atoms with E-state index in [0.29, 0.717) is 0 Å². The highest BCUT2D eigenvalue weighted by atomic mass is 16.1. The first-order valence-electron chi connectivity index (χ1n) is 0.704. The second-order valence-electron chi connectivity index (χ2n) is 0.204. The first-order chi connectivity index (χ1) is 1.41. The van der Waals surface area contributed by atoms with Crippen molar-refractivity contribution < 1.29 is 4.79 Å². The van der Waals surface area contributed by atoms with Gasteiger partial charge in [0.15, 0.2) is 6.29 Å². The quantitative estimate of drug-likeness (QED) is 0.402. The Morgan fingerprint density at radius 3 is 1.75 bits per heavy atom. The van der Waals surface area contributed by atoms with Crippen molar-refractivity contribution in [2.75, 3.05) is 0 Å². The zero-order chi connectivity index (χ0) is 2.71. The zero-order valence-corrected chi connectivity index (χ0v) is 1.91. The van der Waals surface area contributed by atoms with Crippen LogP contribution in [-0.4, -0.2) is 6.29 Å². The van der Waals surface area contributed by atoms with Crippen LogP contribution in [0.25, 0.3) is 0 Å². The van der Waals surface area contributed by atoms with Gasteiger partial charge in [0.25, 0.3) is 0 Å².